The maximum atomic E-state index is 10.4. The molecular formula is C16H18O. The van der Waals surface area contributed by atoms with E-state index in [4.69, 9.17) is 0 Å². The van der Waals surface area contributed by atoms with E-state index >= 15 is 0 Å². The molecule has 0 aliphatic rings. The van der Waals surface area contributed by atoms with Crippen molar-refractivity contribution in [2.24, 2.45) is 0 Å². The van der Waals surface area contributed by atoms with Gasteiger partial charge in [-0.2, -0.15) is 0 Å². The highest BCUT2D eigenvalue weighted by atomic mass is 16.3. The fourth-order valence-corrected chi connectivity index (χ4v) is 2.01. The van der Waals surface area contributed by atoms with Crippen LogP contribution in [0, 0.1) is 0 Å². The van der Waals surface area contributed by atoms with Crippen molar-refractivity contribution in [3.8, 4) is 11.1 Å². The van der Waals surface area contributed by atoms with Crippen molar-refractivity contribution in [2.45, 2.75) is 25.9 Å². The second kappa shape index (κ2) is 4.72. The molecule has 2 aromatic carbocycles. The van der Waals surface area contributed by atoms with Crippen molar-refractivity contribution in [3.05, 3.63) is 60.2 Å². The fourth-order valence-electron chi connectivity index (χ4n) is 2.01. The van der Waals surface area contributed by atoms with Gasteiger partial charge in [0.1, 0.15) is 0 Å². The first-order valence-corrected chi connectivity index (χ1v) is 6.02. The molecule has 0 aliphatic carbocycles. The Hall–Kier alpha value is -1.60. The molecule has 0 bridgehead atoms. The molecular weight excluding hydrogens is 208 g/mol. The molecule has 0 unspecified atom stereocenters. The summed E-state index contributed by atoms with van der Waals surface area (Å²) in [4.78, 5) is 0. The standard InChI is InChI=1S/C16H18O/c1-3-16(2,17)15-12-8-7-11-14(15)13-9-5-4-6-10-13/h4-12,17H,3H2,1-2H3/t16-/m0/s1. The predicted octanol–water partition coefficient (Wildman–Crippen LogP) is 3.97. The van der Waals surface area contributed by atoms with Gasteiger partial charge in [0.2, 0.25) is 0 Å². The summed E-state index contributed by atoms with van der Waals surface area (Å²) in [5.74, 6) is 0. The quantitative estimate of drug-likeness (QED) is 0.839. The molecule has 0 heterocycles. The zero-order chi connectivity index (χ0) is 12.3. The lowest BCUT2D eigenvalue weighted by atomic mass is 9.87. The number of benzene rings is 2. The number of hydrogen-bond acceptors (Lipinski definition) is 1. The van der Waals surface area contributed by atoms with Gasteiger partial charge >= 0.3 is 0 Å². The lowest BCUT2D eigenvalue weighted by Crippen LogP contribution is -2.20. The molecule has 0 aliphatic heterocycles. The summed E-state index contributed by atoms with van der Waals surface area (Å²) < 4.78 is 0. The van der Waals surface area contributed by atoms with Crippen LogP contribution in [0.2, 0.25) is 0 Å². The molecule has 88 valence electrons. The third-order valence-corrected chi connectivity index (χ3v) is 3.28. The summed E-state index contributed by atoms with van der Waals surface area (Å²) in [5, 5.41) is 10.4. The second-order valence-corrected chi connectivity index (χ2v) is 4.54. The fraction of sp³-hybridized carbons (Fsp3) is 0.250. The Kier molecular flexibility index (Phi) is 3.30. The van der Waals surface area contributed by atoms with E-state index in [0.29, 0.717) is 6.42 Å². The summed E-state index contributed by atoms with van der Waals surface area (Å²) in [6, 6.07) is 18.3. The van der Waals surface area contributed by atoms with Crippen LogP contribution >= 0.6 is 0 Å². The van der Waals surface area contributed by atoms with Crippen molar-refractivity contribution in [2.75, 3.05) is 0 Å². The molecule has 0 saturated carbocycles. The Labute approximate surface area is 103 Å². The average molecular weight is 226 g/mol. The Morgan fingerprint density at radius 1 is 0.941 bits per heavy atom. The number of hydrogen-bond donors (Lipinski definition) is 1. The van der Waals surface area contributed by atoms with E-state index in [9.17, 15) is 5.11 Å². The van der Waals surface area contributed by atoms with Gasteiger partial charge in [0.25, 0.3) is 0 Å². The van der Waals surface area contributed by atoms with Crippen LogP contribution in [0.5, 0.6) is 0 Å². The van der Waals surface area contributed by atoms with Crippen molar-refractivity contribution in [3.63, 3.8) is 0 Å². The second-order valence-electron chi connectivity index (χ2n) is 4.54. The zero-order valence-corrected chi connectivity index (χ0v) is 10.4. The van der Waals surface area contributed by atoms with Crippen LogP contribution in [0.1, 0.15) is 25.8 Å². The third-order valence-electron chi connectivity index (χ3n) is 3.28. The maximum absolute atomic E-state index is 10.4. The third kappa shape index (κ3) is 2.40. The highest BCUT2D eigenvalue weighted by molar-refractivity contribution is 5.68. The normalized spacial score (nSPS) is 14.3. The van der Waals surface area contributed by atoms with Gasteiger partial charge in [-0.1, -0.05) is 61.5 Å². The van der Waals surface area contributed by atoms with Crippen LogP contribution in [-0.4, -0.2) is 5.11 Å². The molecule has 0 aromatic heterocycles. The Morgan fingerprint density at radius 3 is 2.18 bits per heavy atom. The zero-order valence-electron chi connectivity index (χ0n) is 10.4. The molecule has 17 heavy (non-hydrogen) atoms. The van der Waals surface area contributed by atoms with E-state index in [1.807, 2.05) is 50.2 Å². The topological polar surface area (TPSA) is 20.2 Å². The van der Waals surface area contributed by atoms with Crippen molar-refractivity contribution in [1.82, 2.24) is 0 Å². The van der Waals surface area contributed by atoms with Gasteiger partial charge in [0.05, 0.1) is 5.60 Å². The Balaban J connectivity index is 2.56. The van der Waals surface area contributed by atoms with E-state index < -0.39 is 5.60 Å². The Morgan fingerprint density at radius 2 is 1.53 bits per heavy atom. The van der Waals surface area contributed by atoms with Gasteiger partial charge in [0.15, 0.2) is 0 Å². The van der Waals surface area contributed by atoms with Crippen LogP contribution < -0.4 is 0 Å². The highest BCUT2D eigenvalue weighted by Crippen LogP contribution is 2.33. The average Bonchev–Trinajstić information content (AvgIpc) is 2.40. The molecule has 1 N–H and O–H groups in total. The van der Waals surface area contributed by atoms with Crippen molar-refractivity contribution < 1.29 is 5.11 Å². The first kappa shape index (κ1) is 11.9. The largest absolute Gasteiger partial charge is 0.385 e. The predicted molar refractivity (Wildman–Crippen MR) is 71.7 cm³/mol. The van der Waals surface area contributed by atoms with Gasteiger partial charge in [-0.15, -0.1) is 0 Å². The minimum Gasteiger partial charge on any atom is -0.385 e. The molecule has 1 nitrogen and oxygen atoms in total. The number of aliphatic hydroxyl groups is 1. The van der Waals surface area contributed by atoms with E-state index in [-0.39, 0.29) is 0 Å². The molecule has 1 atom stereocenters. The van der Waals surface area contributed by atoms with Gasteiger partial charge in [-0.05, 0) is 30.0 Å². The van der Waals surface area contributed by atoms with E-state index in [1.165, 1.54) is 0 Å². The highest BCUT2D eigenvalue weighted by Gasteiger charge is 2.23. The molecule has 0 saturated heterocycles. The smallest absolute Gasteiger partial charge is 0.0871 e. The maximum Gasteiger partial charge on any atom is 0.0871 e. The minimum absolute atomic E-state index is 0.705. The first-order valence-electron chi connectivity index (χ1n) is 6.02. The van der Waals surface area contributed by atoms with E-state index in [2.05, 4.69) is 18.2 Å². The molecule has 2 rings (SSSR count). The summed E-state index contributed by atoms with van der Waals surface area (Å²) in [5.41, 5.74) is 2.48. The van der Waals surface area contributed by atoms with Gasteiger partial charge in [0, 0.05) is 0 Å². The van der Waals surface area contributed by atoms with Gasteiger partial charge in [-0.25, -0.2) is 0 Å². The lowest BCUT2D eigenvalue weighted by molar-refractivity contribution is 0.0537. The Bertz CT molecular complexity index is 486. The molecule has 2 aromatic rings. The first-order chi connectivity index (χ1) is 8.15. The van der Waals surface area contributed by atoms with Gasteiger partial charge < -0.3 is 5.11 Å². The van der Waals surface area contributed by atoms with E-state index in [0.717, 1.165) is 16.7 Å². The SMILES string of the molecule is CC[C@](C)(O)c1ccccc1-c1ccccc1. The summed E-state index contributed by atoms with van der Waals surface area (Å²) in [6.07, 6.45) is 0.705. The molecule has 0 radical (unpaired) electrons. The summed E-state index contributed by atoms with van der Waals surface area (Å²) in [6.45, 7) is 3.87. The molecule has 0 spiro atoms. The molecule has 1 heteroatoms. The van der Waals surface area contributed by atoms with Crippen LogP contribution in [0.15, 0.2) is 54.6 Å². The molecule has 0 amide bonds. The van der Waals surface area contributed by atoms with Crippen LogP contribution in [0.3, 0.4) is 0 Å². The summed E-state index contributed by atoms with van der Waals surface area (Å²) in [7, 11) is 0. The molecule has 0 fully saturated rings. The number of rotatable bonds is 3. The van der Waals surface area contributed by atoms with Gasteiger partial charge in [-0.3, -0.25) is 0 Å². The summed E-state index contributed by atoms with van der Waals surface area (Å²) >= 11 is 0. The monoisotopic (exact) mass is 226 g/mol. The lowest BCUT2D eigenvalue weighted by Gasteiger charge is -2.25. The van der Waals surface area contributed by atoms with Crippen LogP contribution in [0.4, 0.5) is 0 Å². The van der Waals surface area contributed by atoms with E-state index in [1.54, 1.807) is 0 Å². The van der Waals surface area contributed by atoms with Crippen molar-refractivity contribution >= 4 is 0 Å². The van der Waals surface area contributed by atoms with Crippen LogP contribution in [-0.2, 0) is 5.60 Å². The minimum atomic E-state index is -0.771. The van der Waals surface area contributed by atoms with Crippen LogP contribution in [0.25, 0.3) is 11.1 Å². The van der Waals surface area contributed by atoms with Crippen molar-refractivity contribution in [1.29, 1.82) is 0 Å².